The summed E-state index contributed by atoms with van der Waals surface area (Å²) < 4.78 is 32.3. The van der Waals surface area contributed by atoms with Gasteiger partial charge in [-0.3, -0.25) is 9.59 Å². The molecule has 1 aliphatic rings. The Balaban J connectivity index is 1.92. The van der Waals surface area contributed by atoms with Crippen LogP contribution in [0.25, 0.3) is 0 Å². The second kappa shape index (κ2) is 9.65. The Morgan fingerprint density at radius 1 is 1.23 bits per heavy atom. The summed E-state index contributed by atoms with van der Waals surface area (Å²) in [5.74, 6) is -0.257. The third kappa shape index (κ3) is 6.40. The van der Waals surface area contributed by atoms with E-state index in [2.05, 4.69) is 15.4 Å². The highest BCUT2D eigenvalue weighted by Gasteiger charge is 2.18. The first-order valence-electron chi connectivity index (χ1n) is 8.58. The van der Waals surface area contributed by atoms with Crippen LogP contribution in [0.2, 0.25) is 0 Å². The van der Waals surface area contributed by atoms with E-state index in [0.717, 1.165) is 19.4 Å². The van der Waals surface area contributed by atoms with E-state index >= 15 is 0 Å². The number of hydrogen-bond acceptors (Lipinski definition) is 5. The summed E-state index contributed by atoms with van der Waals surface area (Å²) in [5.41, 5.74) is 0.284. The van der Waals surface area contributed by atoms with Gasteiger partial charge in [0.25, 0.3) is 5.91 Å². The topological polar surface area (TPSA) is 114 Å². The molecule has 3 N–H and O–H groups in total. The van der Waals surface area contributed by atoms with Gasteiger partial charge in [-0.15, -0.1) is 0 Å². The van der Waals surface area contributed by atoms with Crippen molar-refractivity contribution < 1.29 is 22.7 Å². The molecular weight excluding hydrogens is 358 g/mol. The van der Waals surface area contributed by atoms with Gasteiger partial charge in [-0.2, -0.15) is 0 Å². The lowest BCUT2D eigenvalue weighted by Gasteiger charge is -2.22. The molecule has 9 heteroatoms. The maximum Gasteiger partial charge on any atom is 0.251 e. The molecule has 1 aromatic carbocycles. The minimum atomic E-state index is -3.75. The molecule has 2 amide bonds. The molecule has 0 bridgehead atoms. The minimum Gasteiger partial charge on any atom is -0.381 e. The molecule has 0 spiro atoms. The second-order valence-corrected chi connectivity index (χ2v) is 7.97. The highest BCUT2D eigenvalue weighted by atomic mass is 32.2. The molecule has 1 unspecified atom stereocenters. The van der Waals surface area contributed by atoms with Gasteiger partial charge in [0.1, 0.15) is 0 Å². The van der Waals surface area contributed by atoms with Crippen LogP contribution in [0.5, 0.6) is 0 Å². The maximum atomic E-state index is 12.3. The van der Waals surface area contributed by atoms with Gasteiger partial charge < -0.3 is 15.4 Å². The van der Waals surface area contributed by atoms with Crippen LogP contribution in [-0.4, -0.2) is 53.1 Å². The monoisotopic (exact) mass is 383 g/mol. The molecule has 2 rings (SSSR count). The number of carbonyl (C=O) groups excluding carboxylic acids is 2. The van der Waals surface area contributed by atoms with E-state index < -0.39 is 10.0 Å². The Bertz CT molecular complexity index is 730. The summed E-state index contributed by atoms with van der Waals surface area (Å²) in [6, 6.07) is 5.87. The molecular formula is C17H25N3O5S. The summed E-state index contributed by atoms with van der Waals surface area (Å²) in [6.45, 7) is 3.52. The number of ether oxygens (including phenoxy) is 1. The Morgan fingerprint density at radius 2 is 2.04 bits per heavy atom. The zero-order valence-corrected chi connectivity index (χ0v) is 15.6. The van der Waals surface area contributed by atoms with Crippen LogP contribution >= 0.6 is 0 Å². The number of rotatable bonds is 8. The summed E-state index contributed by atoms with van der Waals surface area (Å²) in [4.78, 5) is 23.1. The molecule has 8 nitrogen and oxygen atoms in total. The predicted molar refractivity (Wildman–Crippen MR) is 96.2 cm³/mol. The quantitative estimate of drug-likeness (QED) is 0.557. The van der Waals surface area contributed by atoms with Crippen LogP contribution in [0.3, 0.4) is 0 Å². The fourth-order valence-corrected chi connectivity index (χ4v) is 3.70. The van der Waals surface area contributed by atoms with Crippen molar-refractivity contribution in [2.75, 3.05) is 32.8 Å². The first-order valence-corrected chi connectivity index (χ1v) is 10.1. The van der Waals surface area contributed by atoms with Gasteiger partial charge in [0, 0.05) is 38.7 Å². The Morgan fingerprint density at radius 3 is 2.73 bits per heavy atom. The van der Waals surface area contributed by atoms with Gasteiger partial charge in [-0.05, 0) is 37.0 Å². The van der Waals surface area contributed by atoms with Crippen molar-refractivity contribution in [3.05, 3.63) is 29.8 Å². The van der Waals surface area contributed by atoms with E-state index in [1.54, 1.807) is 6.07 Å². The summed E-state index contributed by atoms with van der Waals surface area (Å²) in [7, 11) is -3.75. The van der Waals surface area contributed by atoms with Crippen LogP contribution in [-0.2, 0) is 19.6 Å². The highest BCUT2D eigenvalue weighted by molar-refractivity contribution is 7.89. The van der Waals surface area contributed by atoms with Gasteiger partial charge in [0.2, 0.25) is 15.9 Å². The van der Waals surface area contributed by atoms with Crippen molar-refractivity contribution in [2.45, 2.75) is 24.7 Å². The molecule has 1 atom stereocenters. The largest absolute Gasteiger partial charge is 0.381 e. The average Bonchev–Trinajstić information content (AvgIpc) is 2.64. The van der Waals surface area contributed by atoms with Crippen molar-refractivity contribution in [3.63, 3.8) is 0 Å². The van der Waals surface area contributed by atoms with E-state index in [0.29, 0.717) is 13.2 Å². The molecule has 1 fully saturated rings. The Kier molecular flexibility index (Phi) is 7.55. The van der Waals surface area contributed by atoms with Gasteiger partial charge in [0.05, 0.1) is 11.5 Å². The van der Waals surface area contributed by atoms with Crippen molar-refractivity contribution in [1.82, 2.24) is 15.4 Å². The summed E-state index contributed by atoms with van der Waals surface area (Å²) in [6.07, 6.45) is 1.99. The molecule has 1 aliphatic heterocycles. The van der Waals surface area contributed by atoms with Crippen molar-refractivity contribution in [3.8, 4) is 0 Å². The molecule has 1 saturated heterocycles. The fraction of sp³-hybridized carbons (Fsp3) is 0.529. The number of sulfonamides is 1. The van der Waals surface area contributed by atoms with E-state index in [4.69, 9.17) is 4.74 Å². The lowest BCUT2D eigenvalue weighted by atomic mass is 10.0. The first kappa shape index (κ1) is 20.3. The molecule has 26 heavy (non-hydrogen) atoms. The zero-order valence-electron chi connectivity index (χ0n) is 14.8. The second-order valence-electron chi connectivity index (χ2n) is 6.20. The molecule has 1 heterocycles. The van der Waals surface area contributed by atoms with Crippen molar-refractivity contribution in [2.24, 2.45) is 5.92 Å². The van der Waals surface area contributed by atoms with Gasteiger partial charge in [-0.1, -0.05) is 6.07 Å². The van der Waals surface area contributed by atoms with Crippen LogP contribution in [0.4, 0.5) is 0 Å². The lowest BCUT2D eigenvalue weighted by molar-refractivity contribution is -0.118. The predicted octanol–water partition coefficient (Wildman–Crippen LogP) is 0.257. The van der Waals surface area contributed by atoms with Crippen molar-refractivity contribution >= 4 is 21.8 Å². The number of benzene rings is 1. The first-order chi connectivity index (χ1) is 12.4. The van der Waals surface area contributed by atoms with Crippen molar-refractivity contribution in [1.29, 1.82) is 0 Å². The Labute approximate surface area is 153 Å². The zero-order chi connectivity index (χ0) is 19.0. The fourth-order valence-electron chi connectivity index (χ4n) is 2.62. The van der Waals surface area contributed by atoms with Gasteiger partial charge in [-0.25, -0.2) is 13.1 Å². The smallest absolute Gasteiger partial charge is 0.251 e. The summed E-state index contributed by atoms with van der Waals surface area (Å²) in [5, 5.41) is 5.34. The highest BCUT2D eigenvalue weighted by Crippen LogP contribution is 2.14. The SMILES string of the molecule is CC(=O)NCCNS(=O)(=O)c1cccc(C(=O)NCC2CCCOC2)c1. The van der Waals surface area contributed by atoms with Gasteiger partial charge >= 0.3 is 0 Å². The number of nitrogens with one attached hydrogen (secondary N) is 3. The number of amides is 2. The number of carbonyl (C=O) groups is 2. The van der Waals surface area contributed by atoms with Crippen LogP contribution in [0, 0.1) is 5.92 Å². The molecule has 0 aromatic heterocycles. The Hall–Kier alpha value is -1.97. The van der Waals surface area contributed by atoms with E-state index in [1.165, 1.54) is 25.1 Å². The normalized spacial score (nSPS) is 17.5. The van der Waals surface area contributed by atoms with Crippen LogP contribution < -0.4 is 15.4 Å². The van der Waals surface area contributed by atoms with E-state index in [9.17, 15) is 18.0 Å². The average molecular weight is 383 g/mol. The minimum absolute atomic E-state index is 0.00831. The number of hydrogen-bond donors (Lipinski definition) is 3. The lowest BCUT2D eigenvalue weighted by Crippen LogP contribution is -2.34. The van der Waals surface area contributed by atoms with E-state index in [1.807, 2.05) is 0 Å². The summed E-state index contributed by atoms with van der Waals surface area (Å²) >= 11 is 0. The van der Waals surface area contributed by atoms with Crippen LogP contribution in [0.1, 0.15) is 30.1 Å². The molecule has 0 aliphatic carbocycles. The third-order valence-corrected chi connectivity index (χ3v) is 5.46. The molecule has 1 aromatic rings. The van der Waals surface area contributed by atoms with Gasteiger partial charge in [0.15, 0.2) is 0 Å². The third-order valence-electron chi connectivity index (χ3n) is 4.00. The molecule has 144 valence electrons. The van der Waals surface area contributed by atoms with Crippen LogP contribution in [0.15, 0.2) is 29.2 Å². The standard InChI is InChI=1S/C17H25N3O5S/c1-13(21)18-7-8-20-26(23,24)16-6-2-5-15(10-16)17(22)19-11-14-4-3-9-25-12-14/h2,5-6,10,14,20H,3-4,7-9,11-12H2,1H3,(H,18,21)(H,19,22). The molecule has 0 saturated carbocycles. The molecule has 0 radical (unpaired) electrons. The maximum absolute atomic E-state index is 12.3. The van der Waals surface area contributed by atoms with E-state index in [-0.39, 0.29) is 41.3 Å².